The Labute approximate surface area is 180 Å². The van der Waals surface area contributed by atoms with E-state index in [0.717, 1.165) is 6.42 Å². The van der Waals surface area contributed by atoms with Crippen LogP contribution in [0.2, 0.25) is 5.04 Å². The van der Waals surface area contributed by atoms with Crippen molar-refractivity contribution in [2.45, 2.75) is 75.8 Å². The summed E-state index contributed by atoms with van der Waals surface area (Å²) in [7, 11) is -2.73. The average Bonchev–Trinajstić information content (AvgIpc) is 3.27. The van der Waals surface area contributed by atoms with Crippen LogP contribution in [0, 0.1) is 5.92 Å². The summed E-state index contributed by atoms with van der Waals surface area (Å²) < 4.78 is 19.9. The fourth-order valence-electron chi connectivity index (χ4n) is 5.78. The molecule has 5 atom stereocenters. The molecule has 0 radical (unpaired) electrons. The quantitative estimate of drug-likeness (QED) is 0.766. The second kappa shape index (κ2) is 6.50. The van der Waals surface area contributed by atoms with Gasteiger partial charge in [0.25, 0.3) is 8.32 Å². The number of hydrogen-bond acceptors (Lipinski definition) is 4. The van der Waals surface area contributed by atoms with Gasteiger partial charge in [-0.2, -0.15) is 0 Å². The van der Waals surface area contributed by atoms with Gasteiger partial charge in [0.05, 0.1) is 11.7 Å². The molecule has 30 heavy (non-hydrogen) atoms. The number of ether oxygens (including phenoxy) is 2. The first-order valence-electron chi connectivity index (χ1n) is 11.0. The lowest BCUT2D eigenvalue weighted by Gasteiger charge is -2.46. The first-order valence-corrected chi connectivity index (χ1v) is 12.9. The van der Waals surface area contributed by atoms with E-state index in [4.69, 9.17) is 13.9 Å². The molecule has 2 aromatic carbocycles. The molecule has 0 amide bonds. The van der Waals surface area contributed by atoms with Crippen molar-refractivity contribution < 1.29 is 19.0 Å². The minimum atomic E-state index is -2.73. The van der Waals surface area contributed by atoms with Crippen molar-refractivity contribution in [2.24, 2.45) is 5.92 Å². The predicted molar refractivity (Wildman–Crippen MR) is 119 cm³/mol. The normalized spacial score (nSPS) is 34.5. The van der Waals surface area contributed by atoms with Crippen LogP contribution in [0.4, 0.5) is 0 Å². The molecular formula is C25H32O4Si. The van der Waals surface area contributed by atoms with Crippen LogP contribution >= 0.6 is 0 Å². The van der Waals surface area contributed by atoms with Gasteiger partial charge in [0, 0.05) is 5.92 Å². The van der Waals surface area contributed by atoms with Crippen LogP contribution in [0.1, 0.15) is 41.0 Å². The minimum absolute atomic E-state index is 0.0604. The monoisotopic (exact) mass is 424 g/mol. The van der Waals surface area contributed by atoms with E-state index in [1.54, 1.807) is 0 Å². The Morgan fingerprint density at radius 1 is 0.933 bits per heavy atom. The Kier molecular flexibility index (Phi) is 4.42. The molecule has 0 aromatic heterocycles. The highest BCUT2D eigenvalue weighted by atomic mass is 28.4. The highest BCUT2D eigenvalue weighted by molar-refractivity contribution is 6.99. The lowest BCUT2D eigenvalue weighted by Crippen LogP contribution is -2.69. The molecule has 1 saturated heterocycles. The van der Waals surface area contributed by atoms with Crippen LogP contribution in [-0.2, 0) is 13.9 Å². The standard InChI is InChI=1S/C25H32O4Si/c1-23(2,3)30(17-12-8-6-9-13-17,18-14-10-7-11-15-18)29-25-16-19(25)20(26)21-22(25)28-24(4,5)27-21/h6-15,19-22,26H,16H2,1-5H3/t19-,20+,21+,22+,25+/m1/s1. The van der Waals surface area contributed by atoms with Crippen molar-refractivity contribution >= 4 is 18.7 Å². The highest BCUT2D eigenvalue weighted by Gasteiger charge is 2.78. The zero-order valence-electron chi connectivity index (χ0n) is 18.5. The third kappa shape index (κ3) is 2.80. The molecule has 2 aliphatic carbocycles. The lowest BCUT2D eigenvalue weighted by atomic mass is 10.1. The molecule has 2 aromatic rings. The SMILES string of the molecule is CC1(C)O[C@H]2[C@@H](O)[C@H]3C[C@@]3(O[Si](c3ccccc3)(c3ccccc3)C(C)(C)C)[C@H]2O1. The third-order valence-electron chi connectivity index (χ3n) is 7.13. The van der Waals surface area contributed by atoms with Crippen LogP contribution in [0.5, 0.6) is 0 Å². The Balaban J connectivity index is 1.66. The molecule has 0 unspecified atom stereocenters. The van der Waals surface area contributed by atoms with Crippen molar-refractivity contribution in [3.63, 3.8) is 0 Å². The average molecular weight is 425 g/mol. The van der Waals surface area contributed by atoms with E-state index < -0.39 is 25.8 Å². The van der Waals surface area contributed by atoms with Gasteiger partial charge in [0.1, 0.15) is 12.2 Å². The van der Waals surface area contributed by atoms with E-state index in [1.807, 2.05) is 13.8 Å². The molecule has 5 heteroatoms. The summed E-state index contributed by atoms with van der Waals surface area (Å²) in [6.07, 6.45) is -0.291. The maximum atomic E-state index is 11.0. The Morgan fingerprint density at radius 2 is 1.47 bits per heavy atom. The van der Waals surface area contributed by atoms with Crippen molar-refractivity contribution in [3.05, 3.63) is 60.7 Å². The molecule has 3 fully saturated rings. The van der Waals surface area contributed by atoms with Gasteiger partial charge in [-0.1, -0.05) is 81.4 Å². The van der Waals surface area contributed by atoms with Crippen molar-refractivity contribution in [1.29, 1.82) is 0 Å². The molecule has 1 heterocycles. The zero-order valence-corrected chi connectivity index (χ0v) is 19.5. The number of hydrogen-bond donors (Lipinski definition) is 1. The van der Waals surface area contributed by atoms with E-state index in [-0.39, 0.29) is 23.2 Å². The largest absolute Gasteiger partial charge is 0.399 e. The van der Waals surface area contributed by atoms with E-state index >= 15 is 0 Å². The molecule has 2 saturated carbocycles. The molecule has 0 spiro atoms. The molecule has 160 valence electrons. The fraction of sp³-hybridized carbons (Fsp3) is 0.520. The number of benzene rings is 2. The molecule has 0 bridgehead atoms. The summed E-state index contributed by atoms with van der Waals surface area (Å²) in [6, 6.07) is 21.3. The van der Waals surface area contributed by atoms with Crippen molar-refractivity contribution in [3.8, 4) is 0 Å². The maximum Gasteiger partial charge on any atom is 0.261 e. The summed E-state index contributed by atoms with van der Waals surface area (Å²) in [5.74, 6) is -0.642. The third-order valence-corrected chi connectivity index (χ3v) is 12.2. The molecule has 1 aliphatic heterocycles. The summed E-state index contributed by atoms with van der Waals surface area (Å²) in [6.45, 7) is 10.7. The van der Waals surface area contributed by atoms with Gasteiger partial charge in [0.2, 0.25) is 0 Å². The van der Waals surface area contributed by atoms with Crippen LogP contribution in [-0.4, -0.2) is 43.1 Å². The number of aliphatic hydroxyl groups excluding tert-OH is 1. The van der Waals surface area contributed by atoms with E-state index in [1.165, 1.54) is 10.4 Å². The van der Waals surface area contributed by atoms with E-state index in [2.05, 4.69) is 81.4 Å². The molecule has 4 nitrogen and oxygen atoms in total. The summed E-state index contributed by atoms with van der Waals surface area (Å²) in [5.41, 5.74) is -0.497. The van der Waals surface area contributed by atoms with Gasteiger partial charge in [-0.15, -0.1) is 0 Å². The molecular weight excluding hydrogens is 392 g/mol. The Hall–Kier alpha value is -1.50. The van der Waals surface area contributed by atoms with E-state index in [9.17, 15) is 5.11 Å². The first-order chi connectivity index (χ1) is 14.1. The number of aliphatic hydroxyl groups is 1. The van der Waals surface area contributed by atoms with E-state index in [0.29, 0.717) is 0 Å². The highest BCUT2D eigenvalue weighted by Crippen LogP contribution is 2.65. The Bertz CT molecular complexity index is 884. The first kappa shape index (κ1) is 20.4. The molecule has 1 N–H and O–H groups in total. The van der Waals surface area contributed by atoms with Crippen LogP contribution in [0.3, 0.4) is 0 Å². The second-order valence-electron chi connectivity index (χ2n) is 10.5. The Morgan fingerprint density at radius 3 is 1.97 bits per heavy atom. The van der Waals surface area contributed by atoms with Crippen molar-refractivity contribution in [1.82, 2.24) is 0 Å². The summed E-state index contributed by atoms with van der Waals surface area (Å²) in [5, 5.41) is 13.4. The van der Waals surface area contributed by atoms with Gasteiger partial charge in [-0.25, -0.2) is 0 Å². The van der Waals surface area contributed by atoms with Crippen molar-refractivity contribution in [2.75, 3.05) is 0 Å². The minimum Gasteiger partial charge on any atom is -0.399 e. The number of rotatable bonds is 4. The zero-order chi connectivity index (χ0) is 21.4. The van der Waals surface area contributed by atoms with Crippen LogP contribution in [0.25, 0.3) is 0 Å². The molecule has 5 rings (SSSR count). The topological polar surface area (TPSA) is 47.9 Å². The fourth-order valence-corrected chi connectivity index (χ4v) is 10.6. The smallest absolute Gasteiger partial charge is 0.261 e. The maximum absolute atomic E-state index is 11.0. The number of fused-ring (bicyclic) bond motifs is 3. The predicted octanol–water partition coefficient (Wildman–Crippen LogP) is 3.22. The van der Waals surface area contributed by atoms with Gasteiger partial charge >= 0.3 is 0 Å². The summed E-state index contributed by atoms with van der Waals surface area (Å²) in [4.78, 5) is 0. The lowest BCUT2D eigenvalue weighted by molar-refractivity contribution is -0.171. The van der Waals surface area contributed by atoms with Crippen LogP contribution < -0.4 is 10.4 Å². The summed E-state index contributed by atoms with van der Waals surface area (Å²) >= 11 is 0. The van der Waals surface area contributed by atoms with Crippen LogP contribution in [0.15, 0.2) is 60.7 Å². The van der Waals surface area contributed by atoms with Gasteiger partial charge < -0.3 is 19.0 Å². The second-order valence-corrected chi connectivity index (χ2v) is 14.8. The van der Waals surface area contributed by atoms with Gasteiger partial charge in [-0.3, -0.25) is 0 Å². The molecule has 3 aliphatic rings. The van der Waals surface area contributed by atoms with Gasteiger partial charge in [-0.05, 0) is 35.7 Å². The van der Waals surface area contributed by atoms with Gasteiger partial charge in [0.15, 0.2) is 5.79 Å².